The number of hydrogen-bond donors (Lipinski definition) is 2. The van der Waals surface area contributed by atoms with Gasteiger partial charge in [-0.15, -0.1) is 11.8 Å². The van der Waals surface area contributed by atoms with Crippen LogP contribution in [-0.4, -0.2) is 30.1 Å². The van der Waals surface area contributed by atoms with E-state index in [1.807, 2.05) is 0 Å². The molecule has 0 saturated heterocycles. The summed E-state index contributed by atoms with van der Waals surface area (Å²) in [5.41, 5.74) is 5.23. The van der Waals surface area contributed by atoms with Gasteiger partial charge in [-0.3, -0.25) is 9.59 Å². The molecule has 2 aromatic rings. The van der Waals surface area contributed by atoms with E-state index < -0.39 is 18.5 Å². The number of thioether (sulfide) groups is 1. The standard InChI is InChI=1S/C16H16N2O5S/c17-14(19)9-23-16(21)12-5-1-2-6-13(12)24-10-15(20)18-8-11-4-3-7-22-11/h1-7H,8-10H2,(H2,17,19)(H,18,20). The summed E-state index contributed by atoms with van der Waals surface area (Å²) in [5, 5.41) is 2.71. The van der Waals surface area contributed by atoms with Gasteiger partial charge in [-0.1, -0.05) is 12.1 Å². The second kappa shape index (κ2) is 8.78. The molecule has 0 unspecified atom stereocenters. The van der Waals surface area contributed by atoms with Gasteiger partial charge in [-0.05, 0) is 24.3 Å². The maximum Gasteiger partial charge on any atom is 0.339 e. The van der Waals surface area contributed by atoms with E-state index in [0.29, 0.717) is 17.2 Å². The molecule has 0 bridgehead atoms. The van der Waals surface area contributed by atoms with E-state index in [0.717, 1.165) is 0 Å². The molecule has 7 nitrogen and oxygen atoms in total. The molecular weight excluding hydrogens is 332 g/mol. The molecule has 126 valence electrons. The summed E-state index contributed by atoms with van der Waals surface area (Å²) in [6.45, 7) is -0.184. The molecule has 24 heavy (non-hydrogen) atoms. The van der Waals surface area contributed by atoms with Crippen LogP contribution < -0.4 is 11.1 Å². The van der Waals surface area contributed by atoms with E-state index in [9.17, 15) is 14.4 Å². The van der Waals surface area contributed by atoms with Crippen molar-refractivity contribution in [2.45, 2.75) is 11.4 Å². The Morgan fingerprint density at radius 3 is 2.67 bits per heavy atom. The molecule has 0 saturated carbocycles. The van der Waals surface area contributed by atoms with Crippen LogP contribution in [-0.2, 0) is 20.9 Å². The minimum absolute atomic E-state index is 0.126. The van der Waals surface area contributed by atoms with E-state index in [4.69, 9.17) is 14.9 Å². The first kappa shape index (κ1) is 17.6. The van der Waals surface area contributed by atoms with Crippen LogP contribution in [0.5, 0.6) is 0 Å². The van der Waals surface area contributed by atoms with Crippen LogP contribution in [0.2, 0.25) is 0 Å². The first-order valence-electron chi connectivity index (χ1n) is 7.02. The zero-order valence-electron chi connectivity index (χ0n) is 12.7. The summed E-state index contributed by atoms with van der Waals surface area (Å²) in [4.78, 5) is 35.1. The monoisotopic (exact) mass is 348 g/mol. The lowest BCUT2D eigenvalue weighted by Gasteiger charge is -2.08. The third-order valence-electron chi connectivity index (χ3n) is 2.85. The van der Waals surface area contributed by atoms with Gasteiger partial charge < -0.3 is 20.2 Å². The van der Waals surface area contributed by atoms with Gasteiger partial charge in [0.25, 0.3) is 5.91 Å². The number of benzene rings is 1. The van der Waals surface area contributed by atoms with Crippen LogP contribution in [0.4, 0.5) is 0 Å². The van der Waals surface area contributed by atoms with Crippen molar-refractivity contribution in [3.05, 3.63) is 54.0 Å². The molecule has 1 aromatic heterocycles. The lowest BCUT2D eigenvalue weighted by molar-refractivity contribution is -0.121. The Morgan fingerprint density at radius 1 is 1.17 bits per heavy atom. The topological polar surface area (TPSA) is 112 Å². The lowest BCUT2D eigenvalue weighted by Crippen LogP contribution is -2.24. The first-order valence-corrected chi connectivity index (χ1v) is 8.01. The summed E-state index contributed by atoms with van der Waals surface area (Å²) in [5.74, 6) is -0.806. The molecule has 0 radical (unpaired) electrons. The van der Waals surface area contributed by atoms with E-state index >= 15 is 0 Å². The molecule has 0 aliphatic rings. The maximum atomic E-state index is 11.9. The van der Waals surface area contributed by atoms with E-state index in [1.54, 1.807) is 36.4 Å². The van der Waals surface area contributed by atoms with Gasteiger partial charge in [-0.25, -0.2) is 4.79 Å². The van der Waals surface area contributed by atoms with Crippen LogP contribution in [0, 0.1) is 0 Å². The number of primary amides is 1. The number of furan rings is 1. The average molecular weight is 348 g/mol. The van der Waals surface area contributed by atoms with Crippen LogP contribution in [0.3, 0.4) is 0 Å². The molecule has 0 fully saturated rings. The maximum absolute atomic E-state index is 11.9. The van der Waals surface area contributed by atoms with Gasteiger partial charge in [0, 0.05) is 4.90 Å². The number of hydrogen-bond acceptors (Lipinski definition) is 6. The van der Waals surface area contributed by atoms with Crippen LogP contribution >= 0.6 is 11.8 Å². The molecule has 1 heterocycles. The minimum Gasteiger partial charge on any atom is -0.467 e. The van der Waals surface area contributed by atoms with Gasteiger partial charge in [0.05, 0.1) is 24.1 Å². The second-order valence-electron chi connectivity index (χ2n) is 4.68. The van der Waals surface area contributed by atoms with E-state index in [1.165, 1.54) is 18.0 Å². The molecule has 3 N–H and O–H groups in total. The SMILES string of the molecule is NC(=O)COC(=O)c1ccccc1SCC(=O)NCc1ccco1. The number of rotatable bonds is 8. The van der Waals surface area contributed by atoms with Crippen molar-refractivity contribution in [3.8, 4) is 0 Å². The average Bonchev–Trinajstić information content (AvgIpc) is 3.09. The Hall–Kier alpha value is -2.74. The highest BCUT2D eigenvalue weighted by Gasteiger charge is 2.14. The van der Waals surface area contributed by atoms with Gasteiger partial charge in [-0.2, -0.15) is 0 Å². The summed E-state index contributed by atoms with van der Waals surface area (Å²) in [6.07, 6.45) is 1.53. The number of carbonyl (C=O) groups excluding carboxylic acids is 3. The normalized spacial score (nSPS) is 10.2. The van der Waals surface area contributed by atoms with Crippen LogP contribution in [0.25, 0.3) is 0 Å². The Balaban J connectivity index is 1.88. The molecule has 1 aromatic carbocycles. The van der Waals surface area contributed by atoms with Gasteiger partial charge >= 0.3 is 5.97 Å². The summed E-state index contributed by atoms with van der Waals surface area (Å²) in [7, 11) is 0. The van der Waals surface area contributed by atoms with Crippen molar-refractivity contribution >= 4 is 29.5 Å². The number of ether oxygens (including phenoxy) is 1. The Labute approximate surface area is 142 Å². The van der Waals surface area contributed by atoms with Crippen molar-refractivity contribution in [3.63, 3.8) is 0 Å². The van der Waals surface area contributed by atoms with Crippen molar-refractivity contribution in [1.82, 2.24) is 5.32 Å². The first-order chi connectivity index (χ1) is 11.6. The number of esters is 1. The predicted octanol–water partition coefficient (Wildman–Crippen LogP) is 1.33. The van der Waals surface area contributed by atoms with Crippen molar-refractivity contribution in [1.29, 1.82) is 0 Å². The van der Waals surface area contributed by atoms with Crippen molar-refractivity contribution in [2.75, 3.05) is 12.4 Å². The summed E-state index contributed by atoms with van der Waals surface area (Å²) >= 11 is 1.20. The fourth-order valence-electron chi connectivity index (χ4n) is 1.77. The fraction of sp³-hybridized carbons (Fsp3) is 0.188. The molecule has 0 spiro atoms. The highest BCUT2D eigenvalue weighted by Crippen LogP contribution is 2.23. The highest BCUT2D eigenvalue weighted by molar-refractivity contribution is 8.00. The van der Waals surface area contributed by atoms with Gasteiger partial charge in [0.2, 0.25) is 5.91 Å². The van der Waals surface area contributed by atoms with Crippen LogP contribution in [0.15, 0.2) is 52.0 Å². The number of carbonyl (C=O) groups is 3. The zero-order chi connectivity index (χ0) is 17.4. The molecular formula is C16H16N2O5S. The molecule has 0 aliphatic heterocycles. The minimum atomic E-state index is -0.731. The highest BCUT2D eigenvalue weighted by atomic mass is 32.2. The second-order valence-corrected chi connectivity index (χ2v) is 5.70. The summed E-state index contributed by atoms with van der Waals surface area (Å²) in [6, 6.07) is 10.2. The van der Waals surface area contributed by atoms with Crippen molar-refractivity contribution in [2.24, 2.45) is 5.73 Å². The quantitative estimate of drug-likeness (QED) is 0.550. The van der Waals surface area contributed by atoms with Crippen molar-refractivity contribution < 1.29 is 23.5 Å². The summed E-state index contributed by atoms with van der Waals surface area (Å²) < 4.78 is 9.92. The smallest absolute Gasteiger partial charge is 0.339 e. The largest absolute Gasteiger partial charge is 0.467 e. The fourth-order valence-corrected chi connectivity index (χ4v) is 2.64. The zero-order valence-corrected chi connectivity index (χ0v) is 13.5. The predicted molar refractivity (Wildman–Crippen MR) is 87.2 cm³/mol. The third-order valence-corrected chi connectivity index (χ3v) is 3.92. The molecule has 2 rings (SSSR count). The lowest BCUT2D eigenvalue weighted by atomic mass is 10.2. The van der Waals surface area contributed by atoms with Crippen LogP contribution in [0.1, 0.15) is 16.1 Å². The Kier molecular flexibility index (Phi) is 6.44. The molecule has 0 aliphatic carbocycles. The Bertz CT molecular complexity index is 715. The number of nitrogens with one attached hydrogen (secondary N) is 1. The van der Waals surface area contributed by atoms with Gasteiger partial charge in [0.1, 0.15) is 5.76 Å². The van der Waals surface area contributed by atoms with E-state index in [2.05, 4.69) is 5.32 Å². The Morgan fingerprint density at radius 2 is 1.96 bits per heavy atom. The van der Waals surface area contributed by atoms with Gasteiger partial charge in [0.15, 0.2) is 6.61 Å². The third kappa shape index (κ3) is 5.47. The molecule has 2 amide bonds. The van der Waals surface area contributed by atoms with E-state index in [-0.39, 0.29) is 17.2 Å². The molecule has 8 heteroatoms. The number of amides is 2. The number of nitrogens with two attached hydrogens (primary N) is 1. The molecule has 0 atom stereocenters.